The Balaban J connectivity index is 1.47. The first kappa shape index (κ1) is 17.6. The molecule has 2 aliphatic rings. The third kappa shape index (κ3) is 3.07. The number of rotatable bonds is 4. The molecule has 142 valence electrons. The number of amides is 1. The summed E-state index contributed by atoms with van der Waals surface area (Å²) in [5, 5.41) is 13.6. The van der Waals surface area contributed by atoms with Crippen LogP contribution < -0.4 is 4.74 Å². The highest BCUT2D eigenvalue weighted by Gasteiger charge is 2.59. The molecule has 0 bridgehead atoms. The van der Waals surface area contributed by atoms with E-state index in [9.17, 15) is 14.7 Å². The molecule has 1 aromatic carbocycles. The number of carboxylic acid groups (broad SMARTS) is 1. The summed E-state index contributed by atoms with van der Waals surface area (Å²) >= 11 is 0. The molecule has 27 heavy (non-hydrogen) atoms. The van der Waals surface area contributed by atoms with E-state index in [1.165, 1.54) is 0 Å². The zero-order chi connectivity index (χ0) is 19.2. The third-order valence-electron chi connectivity index (χ3n) is 5.92. The molecule has 4 rings (SSSR count). The molecular formula is C20H23N3O4. The molecule has 7 heteroatoms. The van der Waals surface area contributed by atoms with Crippen molar-refractivity contribution in [1.82, 2.24) is 14.7 Å². The Kier molecular flexibility index (Phi) is 4.17. The summed E-state index contributed by atoms with van der Waals surface area (Å²) in [6, 6.07) is 7.52. The van der Waals surface area contributed by atoms with Crippen LogP contribution in [0.1, 0.15) is 35.3 Å². The molecule has 1 atom stereocenters. The molecule has 1 aliphatic heterocycles. The number of aliphatic carboxylic acids is 1. The topological polar surface area (TPSA) is 84.7 Å². The number of benzene rings is 1. The van der Waals surface area contributed by atoms with E-state index in [4.69, 9.17) is 4.74 Å². The highest BCUT2D eigenvalue weighted by Crippen LogP contribution is 2.59. The molecule has 1 spiro atoms. The van der Waals surface area contributed by atoms with Crippen molar-refractivity contribution in [2.75, 3.05) is 20.2 Å². The minimum absolute atomic E-state index is 0.0864. The van der Waals surface area contributed by atoms with Crippen LogP contribution in [0.4, 0.5) is 0 Å². The number of piperidine rings is 1. The molecule has 1 aromatic heterocycles. The zero-order valence-electron chi connectivity index (χ0n) is 15.5. The molecule has 1 saturated carbocycles. The summed E-state index contributed by atoms with van der Waals surface area (Å²) in [5.74, 6) is -0.359. The number of methoxy groups -OCH3 is 1. The number of ether oxygens (including phenoxy) is 1. The first-order valence-electron chi connectivity index (χ1n) is 9.16. The van der Waals surface area contributed by atoms with Gasteiger partial charge in [-0.05, 0) is 55.4 Å². The largest absolute Gasteiger partial charge is 0.494 e. The molecule has 7 nitrogen and oxygen atoms in total. The van der Waals surface area contributed by atoms with Gasteiger partial charge < -0.3 is 14.7 Å². The first-order valence-corrected chi connectivity index (χ1v) is 9.16. The maximum Gasteiger partial charge on any atom is 0.307 e. The van der Waals surface area contributed by atoms with Gasteiger partial charge in [-0.3, -0.25) is 9.59 Å². The molecule has 2 aromatic rings. The molecular weight excluding hydrogens is 346 g/mol. The van der Waals surface area contributed by atoms with E-state index in [0.717, 1.165) is 30.5 Å². The van der Waals surface area contributed by atoms with Crippen LogP contribution in [0.2, 0.25) is 0 Å². The first-order chi connectivity index (χ1) is 12.9. The fourth-order valence-electron chi connectivity index (χ4n) is 4.12. The minimum atomic E-state index is -0.708. The smallest absolute Gasteiger partial charge is 0.307 e. The maximum atomic E-state index is 12.8. The Morgan fingerprint density at radius 1 is 1.26 bits per heavy atom. The number of likely N-dealkylation sites (tertiary alicyclic amines) is 1. The van der Waals surface area contributed by atoms with Gasteiger partial charge in [0.05, 0.1) is 13.0 Å². The van der Waals surface area contributed by atoms with Crippen LogP contribution in [0.3, 0.4) is 0 Å². The molecule has 1 aliphatic carbocycles. The normalized spacial score (nSPS) is 20.5. The quantitative estimate of drug-likeness (QED) is 0.895. The van der Waals surface area contributed by atoms with Gasteiger partial charge in [0.15, 0.2) is 5.69 Å². The van der Waals surface area contributed by atoms with Crippen molar-refractivity contribution < 1.29 is 19.4 Å². The van der Waals surface area contributed by atoms with Crippen LogP contribution in [-0.2, 0) is 4.79 Å². The number of aryl methyl sites for hydroxylation is 1. The van der Waals surface area contributed by atoms with Crippen molar-refractivity contribution in [2.45, 2.75) is 26.2 Å². The fraction of sp³-hybridized carbons (Fsp3) is 0.450. The monoisotopic (exact) mass is 369 g/mol. The summed E-state index contributed by atoms with van der Waals surface area (Å²) in [7, 11) is 1.61. The highest BCUT2D eigenvalue weighted by molar-refractivity contribution is 5.92. The second-order valence-corrected chi connectivity index (χ2v) is 7.57. The van der Waals surface area contributed by atoms with E-state index in [2.05, 4.69) is 5.10 Å². The number of nitrogens with zero attached hydrogens (tertiary/aromatic N) is 3. The van der Waals surface area contributed by atoms with Gasteiger partial charge in [-0.25, -0.2) is 4.68 Å². The van der Waals surface area contributed by atoms with Gasteiger partial charge in [-0.1, -0.05) is 6.07 Å². The highest BCUT2D eigenvalue weighted by atomic mass is 16.5. The predicted octanol–water partition coefficient (Wildman–Crippen LogP) is 2.52. The number of carboxylic acids is 1. The summed E-state index contributed by atoms with van der Waals surface area (Å²) in [4.78, 5) is 25.8. The fourth-order valence-corrected chi connectivity index (χ4v) is 4.12. The lowest BCUT2D eigenvalue weighted by Gasteiger charge is -2.32. The average molecular weight is 369 g/mol. The van der Waals surface area contributed by atoms with Gasteiger partial charge in [-0.2, -0.15) is 5.10 Å². The number of hydrogen-bond acceptors (Lipinski definition) is 4. The second kappa shape index (κ2) is 6.40. The Labute approximate surface area is 157 Å². The third-order valence-corrected chi connectivity index (χ3v) is 5.92. The molecule has 0 radical (unpaired) electrons. The van der Waals surface area contributed by atoms with Gasteiger partial charge in [0.2, 0.25) is 0 Å². The average Bonchev–Trinajstić information content (AvgIpc) is 3.14. The van der Waals surface area contributed by atoms with E-state index in [-0.39, 0.29) is 17.2 Å². The maximum absolute atomic E-state index is 12.8. The van der Waals surface area contributed by atoms with Gasteiger partial charge in [-0.15, -0.1) is 0 Å². The zero-order valence-corrected chi connectivity index (χ0v) is 15.5. The van der Waals surface area contributed by atoms with Gasteiger partial charge >= 0.3 is 5.97 Å². The second-order valence-electron chi connectivity index (χ2n) is 7.57. The molecule has 1 unspecified atom stereocenters. The Hall–Kier alpha value is -2.83. The van der Waals surface area contributed by atoms with Crippen LogP contribution in [0, 0.1) is 18.3 Å². The van der Waals surface area contributed by atoms with Crippen molar-refractivity contribution in [3.8, 4) is 11.4 Å². The van der Waals surface area contributed by atoms with Crippen LogP contribution in [0.15, 0.2) is 30.5 Å². The molecule has 2 fully saturated rings. The van der Waals surface area contributed by atoms with Gasteiger partial charge in [0.25, 0.3) is 5.91 Å². The Bertz CT molecular complexity index is 896. The summed E-state index contributed by atoms with van der Waals surface area (Å²) in [5.41, 5.74) is 2.17. The Morgan fingerprint density at radius 2 is 2.00 bits per heavy atom. The van der Waals surface area contributed by atoms with Crippen LogP contribution in [0.5, 0.6) is 5.75 Å². The molecule has 2 heterocycles. The van der Waals surface area contributed by atoms with Crippen LogP contribution in [-0.4, -0.2) is 51.9 Å². The minimum Gasteiger partial charge on any atom is -0.494 e. The predicted molar refractivity (Wildman–Crippen MR) is 98.2 cm³/mol. The van der Waals surface area contributed by atoms with E-state index in [1.807, 2.05) is 25.1 Å². The van der Waals surface area contributed by atoms with E-state index >= 15 is 0 Å². The van der Waals surface area contributed by atoms with Crippen molar-refractivity contribution in [1.29, 1.82) is 0 Å². The van der Waals surface area contributed by atoms with E-state index in [1.54, 1.807) is 29.0 Å². The number of carbonyl (C=O) groups excluding carboxylic acids is 1. The van der Waals surface area contributed by atoms with Gasteiger partial charge in [0, 0.05) is 19.3 Å². The number of aromatic nitrogens is 2. The van der Waals surface area contributed by atoms with Crippen molar-refractivity contribution in [2.24, 2.45) is 11.3 Å². The molecule has 1 N–H and O–H groups in total. The number of carbonyl (C=O) groups is 2. The van der Waals surface area contributed by atoms with Crippen molar-refractivity contribution >= 4 is 11.9 Å². The summed E-state index contributed by atoms with van der Waals surface area (Å²) in [6.07, 6.45) is 4.01. The lowest BCUT2D eigenvalue weighted by atomic mass is 9.90. The van der Waals surface area contributed by atoms with Crippen LogP contribution in [0.25, 0.3) is 5.69 Å². The summed E-state index contributed by atoms with van der Waals surface area (Å²) in [6.45, 7) is 3.16. The van der Waals surface area contributed by atoms with E-state index in [0.29, 0.717) is 24.5 Å². The molecule has 1 saturated heterocycles. The van der Waals surface area contributed by atoms with Crippen LogP contribution >= 0.6 is 0 Å². The molecule has 1 amide bonds. The van der Waals surface area contributed by atoms with Crippen molar-refractivity contribution in [3.63, 3.8) is 0 Å². The number of hydrogen-bond donors (Lipinski definition) is 1. The summed E-state index contributed by atoms with van der Waals surface area (Å²) < 4.78 is 7.05. The van der Waals surface area contributed by atoms with Crippen molar-refractivity contribution in [3.05, 3.63) is 41.7 Å². The standard InChI is InChI=1S/C20H23N3O4/c1-13-3-4-17(27-2)16(11-13)23-8-5-15(21-23)18(24)22-9-6-20(7-10-22)12-14(20)19(25)26/h3-5,8,11,14H,6-7,9-10,12H2,1-2H3,(H,25,26). The lowest BCUT2D eigenvalue weighted by Crippen LogP contribution is -2.40. The van der Waals surface area contributed by atoms with Gasteiger partial charge in [0.1, 0.15) is 11.4 Å². The SMILES string of the molecule is COc1ccc(C)cc1-n1ccc(C(=O)N2CCC3(CC2)CC3C(=O)O)n1. The van der Waals surface area contributed by atoms with E-state index < -0.39 is 5.97 Å². The lowest BCUT2D eigenvalue weighted by molar-refractivity contribution is -0.139. The Morgan fingerprint density at radius 3 is 2.63 bits per heavy atom.